The lowest BCUT2D eigenvalue weighted by Crippen LogP contribution is -2.11. The van der Waals surface area contributed by atoms with Crippen LogP contribution in [0.25, 0.3) is 0 Å². The van der Waals surface area contributed by atoms with E-state index in [4.69, 9.17) is 5.73 Å². The summed E-state index contributed by atoms with van der Waals surface area (Å²) in [5, 5.41) is 0. The van der Waals surface area contributed by atoms with Gasteiger partial charge >= 0.3 is 6.18 Å². The van der Waals surface area contributed by atoms with Gasteiger partial charge in [0.1, 0.15) is 0 Å². The van der Waals surface area contributed by atoms with Crippen LogP contribution in [0, 0.1) is 0 Å². The van der Waals surface area contributed by atoms with Crippen molar-refractivity contribution in [2.45, 2.75) is 6.18 Å². The van der Waals surface area contributed by atoms with Crippen molar-refractivity contribution in [3.63, 3.8) is 0 Å². The molecule has 0 atom stereocenters. The number of methoxy groups -OCH3 is 1. The molecule has 0 aromatic carbocycles. The third-order valence-corrected chi connectivity index (χ3v) is 2.04. The molecule has 3 nitrogen and oxygen atoms in total. The summed E-state index contributed by atoms with van der Waals surface area (Å²) in [5.41, 5.74) is 4.36. The molecule has 1 aromatic rings. The first-order valence-electron chi connectivity index (χ1n) is 3.43. The molecule has 14 heavy (non-hydrogen) atoms. The van der Waals surface area contributed by atoms with Crippen LogP contribution in [0.15, 0.2) is 10.5 Å². The lowest BCUT2D eigenvalue weighted by Gasteiger charge is -2.10. The van der Waals surface area contributed by atoms with Gasteiger partial charge in [-0.2, -0.15) is 13.2 Å². The van der Waals surface area contributed by atoms with E-state index in [2.05, 4.69) is 25.7 Å². The number of nitrogens with two attached hydrogens (primary N) is 1. The number of nitrogens with zero attached hydrogens (tertiary/aromatic N) is 1. The third kappa shape index (κ3) is 2.09. The Labute approximate surface area is 86.2 Å². The van der Waals surface area contributed by atoms with E-state index >= 15 is 0 Å². The number of anilines is 1. The normalized spacial score (nSPS) is 11.5. The van der Waals surface area contributed by atoms with E-state index in [0.29, 0.717) is 0 Å². The van der Waals surface area contributed by atoms with Crippen molar-refractivity contribution in [2.24, 2.45) is 0 Å². The second kappa shape index (κ2) is 3.64. The predicted molar refractivity (Wildman–Crippen MR) is 47.9 cm³/mol. The van der Waals surface area contributed by atoms with Crippen LogP contribution in [-0.2, 0) is 6.18 Å². The maximum absolute atomic E-state index is 12.3. The molecule has 0 saturated carbocycles. The monoisotopic (exact) mass is 270 g/mol. The van der Waals surface area contributed by atoms with Crippen molar-refractivity contribution >= 4 is 21.6 Å². The second-order valence-corrected chi connectivity index (χ2v) is 3.27. The molecule has 78 valence electrons. The van der Waals surface area contributed by atoms with Gasteiger partial charge < -0.3 is 10.5 Å². The van der Waals surface area contributed by atoms with Gasteiger partial charge in [0.15, 0.2) is 5.69 Å². The molecule has 1 rings (SSSR count). The Kier molecular flexibility index (Phi) is 2.89. The van der Waals surface area contributed by atoms with E-state index in [0.717, 1.165) is 6.07 Å². The average Bonchev–Trinajstić information content (AvgIpc) is 2.02. The largest absolute Gasteiger partial charge is 0.480 e. The van der Waals surface area contributed by atoms with Crippen LogP contribution in [-0.4, -0.2) is 12.1 Å². The highest BCUT2D eigenvalue weighted by Crippen LogP contribution is 2.36. The van der Waals surface area contributed by atoms with E-state index in [-0.39, 0.29) is 16.0 Å². The highest BCUT2D eigenvalue weighted by Gasteiger charge is 2.36. The lowest BCUT2D eigenvalue weighted by molar-refractivity contribution is -0.142. The molecule has 0 spiro atoms. The Balaban J connectivity index is 3.32. The molecule has 0 radical (unpaired) electrons. The van der Waals surface area contributed by atoms with Gasteiger partial charge in [0.25, 0.3) is 0 Å². The first-order chi connectivity index (χ1) is 6.36. The van der Waals surface area contributed by atoms with Crippen LogP contribution in [0.4, 0.5) is 18.9 Å². The first-order valence-corrected chi connectivity index (χ1v) is 4.22. The van der Waals surface area contributed by atoms with Crippen LogP contribution in [0.1, 0.15) is 5.69 Å². The molecule has 1 aromatic heterocycles. The molecule has 0 aliphatic carbocycles. The summed E-state index contributed by atoms with van der Waals surface area (Å²) in [6.07, 6.45) is -4.53. The zero-order valence-corrected chi connectivity index (χ0v) is 8.61. The summed E-state index contributed by atoms with van der Waals surface area (Å²) in [4.78, 5) is 3.24. The Morgan fingerprint density at radius 1 is 1.50 bits per heavy atom. The number of halogens is 4. The van der Waals surface area contributed by atoms with Crippen LogP contribution in [0.3, 0.4) is 0 Å². The maximum atomic E-state index is 12.3. The summed E-state index contributed by atoms with van der Waals surface area (Å²) in [5.74, 6) is -0.236. The fourth-order valence-electron chi connectivity index (χ4n) is 0.848. The molecular formula is C7H6BrF3N2O. The molecule has 2 N–H and O–H groups in total. The topological polar surface area (TPSA) is 48.1 Å². The van der Waals surface area contributed by atoms with Crippen molar-refractivity contribution in [1.29, 1.82) is 0 Å². The Bertz CT molecular complexity index is 354. The number of nitrogen functional groups attached to an aromatic ring is 1. The van der Waals surface area contributed by atoms with Crippen LogP contribution in [0.2, 0.25) is 0 Å². The fourth-order valence-corrected chi connectivity index (χ4v) is 1.41. The third-order valence-electron chi connectivity index (χ3n) is 1.43. The van der Waals surface area contributed by atoms with E-state index in [1.54, 1.807) is 0 Å². The summed E-state index contributed by atoms with van der Waals surface area (Å²) in [6, 6.07) is 1.11. The number of pyridine rings is 1. The van der Waals surface area contributed by atoms with Crippen LogP contribution >= 0.6 is 15.9 Å². The fraction of sp³-hybridized carbons (Fsp3) is 0.286. The lowest BCUT2D eigenvalue weighted by atomic mass is 10.3. The van der Waals surface area contributed by atoms with Crippen LogP contribution < -0.4 is 10.5 Å². The maximum Gasteiger partial charge on any atom is 0.434 e. The minimum atomic E-state index is -4.53. The molecule has 7 heteroatoms. The number of rotatable bonds is 1. The van der Waals surface area contributed by atoms with Gasteiger partial charge in [-0.15, -0.1) is 0 Å². The Morgan fingerprint density at radius 3 is 2.50 bits per heavy atom. The first kappa shape index (κ1) is 11.1. The molecule has 0 saturated heterocycles. The summed E-state index contributed by atoms with van der Waals surface area (Å²) in [6.45, 7) is 0. The SMILES string of the molecule is COc1nc(C(F)(F)F)c(Br)cc1N. The quantitative estimate of drug-likeness (QED) is 0.853. The van der Waals surface area contributed by atoms with Crippen molar-refractivity contribution < 1.29 is 17.9 Å². The van der Waals surface area contributed by atoms with E-state index in [1.807, 2.05) is 0 Å². The molecule has 0 amide bonds. The van der Waals surface area contributed by atoms with E-state index in [9.17, 15) is 13.2 Å². The van der Waals surface area contributed by atoms with Gasteiger partial charge in [-0.1, -0.05) is 0 Å². The van der Waals surface area contributed by atoms with Gasteiger partial charge in [0.05, 0.1) is 17.3 Å². The number of hydrogen-bond donors (Lipinski definition) is 1. The molecule has 0 unspecified atom stereocenters. The molecule has 0 aliphatic rings. The minimum Gasteiger partial charge on any atom is -0.480 e. The number of aromatic nitrogens is 1. The van der Waals surface area contributed by atoms with Crippen molar-refractivity contribution in [3.05, 3.63) is 16.2 Å². The zero-order valence-electron chi connectivity index (χ0n) is 7.02. The smallest absolute Gasteiger partial charge is 0.434 e. The second-order valence-electron chi connectivity index (χ2n) is 2.42. The Hall–Kier alpha value is -0.980. The molecule has 0 aliphatic heterocycles. The van der Waals surface area contributed by atoms with Gasteiger partial charge in [-0.25, -0.2) is 4.98 Å². The van der Waals surface area contributed by atoms with Gasteiger partial charge in [-0.05, 0) is 22.0 Å². The van der Waals surface area contributed by atoms with Crippen molar-refractivity contribution in [3.8, 4) is 5.88 Å². The van der Waals surface area contributed by atoms with E-state index in [1.165, 1.54) is 7.11 Å². The summed E-state index contributed by atoms with van der Waals surface area (Å²) in [7, 11) is 1.20. The predicted octanol–water partition coefficient (Wildman–Crippen LogP) is 2.45. The Morgan fingerprint density at radius 2 is 2.07 bits per heavy atom. The standard InChI is InChI=1S/C7H6BrF3N2O/c1-14-6-4(12)2-3(8)5(13-6)7(9,10)11/h2H,12H2,1H3. The van der Waals surface area contributed by atoms with Gasteiger partial charge in [0.2, 0.25) is 5.88 Å². The van der Waals surface area contributed by atoms with Crippen molar-refractivity contribution in [2.75, 3.05) is 12.8 Å². The van der Waals surface area contributed by atoms with Gasteiger partial charge in [-0.3, -0.25) is 0 Å². The minimum absolute atomic E-state index is 0.0485. The number of hydrogen-bond acceptors (Lipinski definition) is 3. The van der Waals surface area contributed by atoms with E-state index < -0.39 is 11.9 Å². The van der Waals surface area contributed by atoms with Crippen molar-refractivity contribution in [1.82, 2.24) is 4.98 Å². The number of ether oxygens (including phenoxy) is 1. The van der Waals surface area contributed by atoms with Gasteiger partial charge in [0, 0.05) is 0 Å². The molecule has 0 fully saturated rings. The summed E-state index contributed by atoms with van der Waals surface area (Å²) < 4.78 is 41.3. The highest BCUT2D eigenvalue weighted by molar-refractivity contribution is 9.10. The van der Waals surface area contributed by atoms with Crippen LogP contribution in [0.5, 0.6) is 5.88 Å². The molecule has 0 bridgehead atoms. The zero-order chi connectivity index (χ0) is 10.9. The number of alkyl halides is 3. The molecular weight excluding hydrogens is 265 g/mol. The average molecular weight is 271 g/mol. The molecule has 1 heterocycles. The summed E-state index contributed by atoms with van der Waals surface area (Å²) >= 11 is 2.73. The highest BCUT2D eigenvalue weighted by atomic mass is 79.9.